The summed E-state index contributed by atoms with van der Waals surface area (Å²) in [6.07, 6.45) is -1.39. The van der Waals surface area contributed by atoms with Crippen molar-refractivity contribution in [3.05, 3.63) is 59.7 Å². The summed E-state index contributed by atoms with van der Waals surface area (Å²) >= 11 is 0. The van der Waals surface area contributed by atoms with E-state index < -0.39 is 51.9 Å². The van der Waals surface area contributed by atoms with Crippen LogP contribution in [0, 0.1) is 11.6 Å². The van der Waals surface area contributed by atoms with E-state index in [1.165, 1.54) is 12.5 Å². The Balaban J connectivity index is 0.00000186. The number of carbonyl (C=O) groups is 1. The fraction of sp³-hybridized carbons (Fsp3) is 0.333. The summed E-state index contributed by atoms with van der Waals surface area (Å²) in [7, 11) is 0. The van der Waals surface area contributed by atoms with Crippen LogP contribution in [0.3, 0.4) is 0 Å². The molecular formula is C24H25F5N6O2. The fourth-order valence-corrected chi connectivity index (χ4v) is 3.59. The van der Waals surface area contributed by atoms with E-state index in [1.54, 1.807) is 0 Å². The predicted molar refractivity (Wildman–Crippen MR) is 127 cm³/mol. The maximum atomic E-state index is 14.3. The minimum absolute atomic E-state index is 0.0238. The van der Waals surface area contributed by atoms with E-state index in [0.717, 1.165) is 31.3 Å². The lowest BCUT2D eigenvalue weighted by atomic mass is 10.0. The number of hydrogen-bond donors (Lipinski definition) is 3. The minimum Gasteiger partial charge on any atom is -0.473 e. The first kappa shape index (κ1) is 27.7. The molecule has 1 amide bonds. The molecule has 3 heterocycles. The highest BCUT2D eigenvalue weighted by Gasteiger charge is 2.37. The van der Waals surface area contributed by atoms with E-state index in [0.29, 0.717) is 18.9 Å². The molecule has 37 heavy (non-hydrogen) atoms. The van der Waals surface area contributed by atoms with Crippen LogP contribution in [0.25, 0.3) is 11.3 Å². The molecule has 0 unspecified atom stereocenters. The van der Waals surface area contributed by atoms with Gasteiger partial charge < -0.3 is 21.1 Å². The van der Waals surface area contributed by atoms with Gasteiger partial charge in [-0.25, -0.2) is 18.7 Å². The summed E-state index contributed by atoms with van der Waals surface area (Å²) in [5, 5.41) is 5.59. The number of nitrogens with one attached hydrogen (secondary N) is 2. The van der Waals surface area contributed by atoms with Gasteiger partial charge in [0.2, 0.25) is 5.88 Å². The first-order valence-electron chi connectivity index (χ1n) is 11.5. The molecular weight excluding hydrogens is 499 g/mol. The molecule has 198 valence electrons. The number of aromatic nitrogens is 3. The number of ether oxygens (including phenoxy) is 1. The van der Waals surface area contributed by atoms with Gasteiger partial charge in [0.25, 0.3) is 5.91 Å². The standard InChI is InChI=1S/C22H19F5N6O2.C2H6/c23-13-2-1-3-14(24)17(13)18-12(22(25,26)27)8-15(28)19(33-18)20(34)32-16-9-30-10-31-21(16)35-11-4-6-29-7-5-11;1-2/h1-3,8-11,29H,4-7,28H2,(H,32,34);1-2H3. The molecule has 1 fully saturated rings. The largest absolute Gasteiger partial charge is 0.473 e. The van der Waals surface area contributed by atoms with Crippen molar-refractivity contribution < 1.29 is 31.5 Å². The zero-order valence-corrected chi connectivity index (χ0v) is 20.0. The Morgan fingerprint density at radius 1 is 1.16 bits per heavy atom. The highest BCUT2D eigenvalue weighted by molar-refractivity contribution is 6.07. The number of halogens is 5. The van der Waals surface area contributed by atoms with E-state index in [1.807, 2.05) is 13.8 Å². The van der Waals surface area contributed by atoms with Crippen molar-refractivity contribution in [3.8, 4) is 17.1 Å². The second kappa shape index (κ2) is 11.9. The van der Waals surface area contributed by atoms with Gasteiger partial charge in [0, 0.05) is 0 Å². The molecule has 1 aliphatic rings. The Bertz CT molecular complexity index is 1230. The summed E-state index contributed by atoms with van der Waals surface area (Å²) in [6, 6.07) is 2.97. The number of pyridine rings is 1. The third-order valence-corrected chi connectivity index (χ3v) is 5.26. The molecule has 8 nitrogen and oxygen atoms in total. The Kier molecular flexibility index (Phi) is 8.92. The van der Waals surface area contributed by atoms with Crippen molar-refractivity contribution in [1.82, 2.24) is 20.3 Å². The molecule has 13 heteroatoms. The molecule has 3 aromatic rings. The van der Waals surface area contributed by atoms with Gasteiger partial charge in [-0.2, -0.15) is 18.2 Å². The molecule has 1 saturated heterocycles. The number of anilines is 2. The van der Waals surface area contributed by atoms with Crippen molar-refractivity contribution in [2.24, 2.45) is 0 Å². The molecule has 2 aromatic heterocycles. The second-order valence-corrected chi connectivity index (χ2v) is 7.68. The van der Waals surface area contributed by atoms with Gasteiger partial charge in [-0.1, -0.05) is 19.9 Å². The van der Waals surface area contributed by atoms with Crippen molar-refractivity contribution in [3.63, 3.8) is 0 Å². The van der Waals surface area contributed by atoms with Crippen LogP contribution in [0.1, 0.15) is 42.7 Å². The van der Waals surface area contributed by atoms with Gasteiger partial charge in [-0.3, -0.25) is 4.79 Å². The smallest absolute Gasteiger partial charge is 0.418 e. The molecule has 0 radical (unpaired) electrons. The predicted octanol–water partition coefficient (Wildman–Crippen LogP) is 4.83. The summed E-state index contributed by atoms with van der Waals surface area (Å²) in [5.41, 5.74) is 0.772. The van der Waals surface area contributed by atoms with E-state index in [2.05, 4.69) is 25.6 Å². The van der Waals surface area contributed by atoms with Gasteiger partial charge >= 0.3 is 6.18 Å². The van der Waals surface area contributed by atoms with E-state index >= 15 is 0 Å². The van der Waals surface area contributed by atoms with E-state index in [-0.39, 0.29) is 17.7 Å². The highest BCUT2D eigenvalue weighted by Crippen LogP contribution is 2.39. The fourth-order valence-electron chi connectivity index (χ4n) is 3.59. The molecule has 0 bridgehead atoms. The molecule has 0 saturated carbocycles. The molecule has 0 aliphatic carbocycles. The molecule has 1 aromatic carbocycles. The Labute approximate surface area is 209 Å². The van der Waals surface area contributed by atoms with Crippen LogP contribution in [0.2, 0.25) is 0 Å². The second-order valence-electron chi connectivity index (χ2n) is 7.68. The SMILES string of the molecule is CC.Nc1cc(C(F)(F)F)c(-c2c(F)cccc2F)nc1C(=O)Nc1cncnc1OC1CCNCC1. The topological polar surface area (TPSA) is 115 Å². The monoisotopic (exact) mass is 524 g/mol. The van der Waals surface area contributed by atoms with E-state index in [9.17, 15) is 26.7 Å². The quantitative estimate of drug-likeness (QED) is 0.410. The zero-order chi connectivity index (χ0) is 27.2. The summed E-state index contributed by atoms with van der Waals surface area (Å²) in [6.45, 7) is 5.47. The zero-order valence-electron chi connectivity index (χ0n) is 20.0. The number of piperidine rings is 1. The number of nitrogens with two attached hydrogens (primary N) is 1. The number of amides is 1. The van der Waals surface area contributed by atoms with Gasteiger partial charge in [0.05, 0.1) is 28.7 Å². The first-order chi connectivity index (χ1) is 17.6. The van der Waals surface area contributed by atoms with Crippen molar-refractivity contribution in [1.29, 1.82) is 0 Å². The van der Waals surface area contributed by atoms with Crippen LogP contribution in [0.15, 0.2) is 36.8 Å². The number of hydrogen-bond acceptors (Lipinski definition) is 7. The Morgan fingerprint density at radius 3 is 2.43 bits per heavy atom. The Morgan fingerprint density at radius 2 is 1.81 bits per heavy atom. The average molecular weight is 524 g/mol. The molecule has 4 N–H and O–H groups in total. The van der Waals surface area contributed by atoms with Crippen molar-refractivity contribution in [2.75, 3.05) is 24.1 Å². The summed E-state index contributed by atoms with van der Waals surface area (Å²) in [5.74, 6) is -3.56. The lowest BCUT2D eigenvalue weighted by Crippen LogP contribution is -2.34. The average Bonchev–Trinajstić information content (AvgIpc) is 2.87. The number of rotatable bonds is 5. The molecule has 0 spiro atoms. The molecule has 0 atom stereocenters. The van der Waals surface area contributed by atoms with Crippen molar-refractivity contribution in [2.45, 2.75) is 39.0 Å². The van der Waals surface area contributed by atoms with Gasteiger partial charge in [0.1, 0.15) is 29.8 Å². The number of alkyl halides is 3. The maximum Gasteiger partial charge on any atom is 0.418 e. The van der Waals surface area contributed by atoms with Crippen LogP contribution >= 0.6 is 0 Å². The van der Waals surface area contributed by atoms with Crippen molar-refractivity contribution >= 4 is 17.3 Å². The molecule has 1 aliphatic heterocycles. The number of benzene rings is 1. The summed E-state index contributed by atoms with van der Waals surface area (Å²) < 4.78 is 75.5. The number of carbonyl (C=O) groups excluding carboxylic acids is 1. The van der Waals surface area contributed by atoms with Gasteiger partial charge in [0.15, 0.2) is 5.69 Å². The normalized spacial score (nSPS) is 13.9. The van der Waals surface area contributed by atoms with Gasteiger partial charge in [-0.05, 0) is 44.1 Å². The Hall–Kier alpha value is -3.87. The third kappa shape index (κ3) is 6.47. The van der Waals surface area contributed by atoms with E-state index in [4.69, 9.17) is 10.5 Å². The first-order valence-corrected chi connectivity index (χ1v) is 11.5. The van der Waals surface area contributed by atoms with Crippen LogP contribution in [0.4, 0.5) is 33.3 Å². The number of nitrogens with zero attached hydrogens (tertiary/aromatic N) is 3. The van der Waals surface area contributed by atoms with Crippen LogP contribution < -0.4 is 21.1 Å². The maximum absolute atomic E-state index is 14.3. The van der Waals surface area contributed by atoms with Gasteiger partial charge in [-0.15, -0.1) is 0 Å². The van der Waals surface area contributed by atoms with Crippen LogP contribution in [-0.2, 0) is 6.18 Å². The number of nitrogen functional groups attached to an aromatic ring is 1. The van der Waals surface area contributed by atoms with Crippen LogP contribution in [-0.4, -0.2) is 40.1 Å². The molecule has 4 rings (SSSR count). The summed E-state index contributed by atoms with van der Waals surface area (Å²) in [4.78, 5) is 24.4. The third-order valence-electron chi connectivity index (χ3n) is 5.26. The lowest BCUT2D eigenvalue weighted by Gasteiger charge is -2.24. The van der Waals surface area contributed by atoms with Crippen LogP contribution in [0.5, 0.6) is 5.88 Å². The highest BCUT2D eigenvalue weighted by atomic mass is 19.4. The lowest BCUT2D eigenvalue weighted by molar-refractivity contribution is -0.137. The minimum atomic E-state index is -5.05.